The lowest BCUT2D eigenvalue weighted by atomic mass is 9.87. The van der Waals surface area contributed by atoms with Crippen LogP contribution in [0.4, 0.5) is 8.78 Å². The third-order valence-corrected chi connectivity index (χ3v) is 7.32. The van der Waals surface area contributed by atoms with Gasteiger partial charge in [-0.3, -0.25) is 4.57 Å². The van der Waals surface area contributed by atoms with Crippen LogP contribution in [-0.4, -0.2) is 34.1 Å². The van der Waals surface area contributed by atoms with Crippen molar-refractivity contribution in [1.29, 1.82) is 0 Å². The summed E-state index contributed by atoms with van der Waals surface area (Å²) in [4.78, 5) is 17.8. The molecule has 1 atom stereocenters. The van der Waals surface area contributed by atoms with E-state index in [9.17, 15) is 13.6 Å². The summed E-state index contributed by atoms with van der Waals surface area (Å²) in [5, 5.41) is 0. The molecule has 0 aliphatic carbocycles. The average molecular weight is 476 g/mol. The predicted molar refractivity (Wildman–Crippen MR) is 136 cm³/mol. The number of hydrogen-bond donors (Lipinski definition) is 1. The number of imidazole rings is 1. The molecule has 1 saturated heterocycles. The second-order valence-electron chi connectivity index (χ2n) is 9.69. The highest BCUT2D eigenvalue weighted by atomic mass is 19.1. The Morgan fingerprint density at radius 3 is 2.23 bits per heavy atom. The summed E-state index contributed by atoms with van der Waals surface area (Å²) in [6.45, 7) is 4.93. The van der Waals surface area contributed by atoms with E-state index < -0.39 is 0 Å². The lowest BCUT2D eigenvalue weighted by Crippen LogP contribution is -2.37. The van der Waals surface area contributed by atoms with Gasteiger partial charge in [-0.1, -0.05) is 42.0 Å². The third kappa shape index (κ3) is 5.22. The number of fused-ring (bicyclic) bond motifs is 1. The van der Waals surface area contributed by atoms with Crippen molar-refractivity contribution in [3.05, 3.63) is 106 Å². The van der Waals surface area contributed by atoms with Gasteiger partial charge in [0.1, 0.15) is 11.6 Å². The molecular weight excluding hydrogens is 444 g/mol. The number of H-pyrrole nitrogens is 1. The number of likely N-dealkylation sites (tertiary alicyclic amines) is 1. The van der Waals surface area contributed by atoms with E-state index in [4.69, 9.17) is 0 Å². The zero-order valence-electron chi connectivity index (χ0n) is 20.0. The van der Waals surface area contributed by atoms with Crippen molar-refractivity contribution >= 4 is 11.0 Å². The highest BCUT2D eigenvalue weighted by Gasteiger charge is 2.24. The standard InChI is InChI=1S/C29H31F2N3O/c1-20-4-6-21(7-5-20)26(22-8-10-23(30)11-9-22)3-2-16-33-17-14-25(15-18-33)34-28-13-12-24(31)19-27(28)32-29(34)35/h4-13,19,25-26H,2-3,14-18H2,1H3,(H,32,35). The summed E-state index contributed by atoms with van der Waals surface area (Å²) >= 11 is 0. The molecule has 0 bridgehead atoms. The monoisotopic (exact) mass is 475 g/mol. The van der Waals surface area contributed by atoms with Crippen molar-refractivity contribution in [2.75, 3.05) is 19.6 Å². The number of aromatic amines is 1. The summed E-state index contributed by atoms with van der Waals surface area (Å²) in [6, 6.07) is 20.1. The maximum Gasteiger partial charge on any atom is 0.326 e. The zero-order chi connectivity index (χ0) is 24.4. The minimum Gasteiger partial charge on any atom is -0.305 e. The van der Waals surface area contributed by atoms with Gasteiger partial charge < -0.3 is 9.88 Å². The molecule has 1 aliphatic rings. The van der Waals surface area contributed by atoms with Gasteiger partial charge in [0, 0.05) is 25.0 Å². The lowest BCUT2D eigenvalue weighted by molar-refractivity contribution is 0.183. The van der Waals surface area contributed by atoms with E-state index in [0.717, 1.165) is 56.4 Å². The molecule has 0 saturated carbocycles. The van der Waals surface area contributed by atoms with Gasteiger partial charge in [-0.05, 0) is 80.6 Å². The second-order valence-corrected chi connectivity index (χ2v) is 9.69. The molecule has 2 heterocycles. The molecule has 1 aliphatic heterocycles. The van der Waals surface area contributed by atoms with Crippen molar-refractivity contribution in [2.45, 2.75) is 44.6 Å². The van der Waals surface area contributed by atoms with Crippen molar-refractivity contribution in [3.63, 3.8) is 0 Å². The number of nitrogens with zero attached hydrogens (tertiary/aromatic N) is 2. The topological polar surface area (TPSA) is 41.0 Å². The van der Waals surface area contributed by atoms with Crippen molar-refractivity contribution in [2.24, 2.45) is 0 Å². The Kier molecular flexibility index (Phi) is 6.82. The van der Waals surface area contributed by atoms with Crippen LogP contribution in [0.25, 0.3) is 11.0 Å². The van der Waals surface area contributed by atoms with Crippen LogP contribution in [0.5, 0.6) is 0 Å². The molecule has 1 fully saturated rings. The van der Waals surface area contributed by atoms with Crippen LogP contribution in [0.1, 0.15) is 54.3 Å². The highest BCUT2D eigenvalue weighted by molar-refractivity contribution is 5.75. The molecule has 5 rings (SSSR count). The molecule has 35 heavy (non-hydrogen) atoms. The first-order chi connectivity index (χ1) is 17.0. The van der Waals surface area contributed by atoms with E-state index in [2.05, 4.69) is 41.1 Å². The Hall–Kier alpha value is -3.25. The number of benzene rings is 3. The number of aromatic nitrogens is 2. The van der Waals surface area contributed by atoms with Crippen molar-refractivity contribution in [3.8, 4) is 0 Å². The quantitative estimate of drug-likeness (QED) is 0.348. The van der Waals surface area contributed by atoms with E-state index in [0.29, 0.717) is 5.52 Å². The summed E-state index contributed by atoms with van der Waals surface area (Å²) in [6.07, 6.45) is 3.81. The van der Waals surface area contributed by atoms with E-state index >= 15 is 0 Å². The molecule has 4 aromatic rings. The van der Waals surface area contributed by atoms with Crippen LogP contribution >= 0.6 is 0 Å². The van der Waals surface area contributed by atoms with Gasteiger partial charge in [-0.15, -0.1) is 0 Å². The largest absolute Gasteiger partial charge is 0.326 e. The SMILES string of the molecule is Cc1ccc(C(CCCN2CCC(n3c(=O)[nH]c4cc(F)ccc43)CC2)c2ccc(F)cc2)cc1. The third-order valence-electron chi connectivity index (χ3n) is 7.32. The summed E-state index contributed by atoms with van der Waals surface area (Å²) in [5.41, 5.74) is 4.80. The molecule has 1 aromatic heterocycles. The Bertz CT molecular complexity index is 1290. The maximum absolute atomic E-state index is 13.5. The summed E-state index contributed by atoms with van der Waals surface area (Å²) in [7, 11) is 0. The van der Waals surface area contributed by atoms with Gasteiger partial charge in [-0.25, -0.2) is 13.6 Å². The maximum atomic E-state index is 13.5. The highest BCUT2D eigenvalue weighted by Crippen LogP contribution is 2.31. The predicted octanol–water partition coefficient (Wildman–Crippen LogP) is 6.17. The van der Waals surface area contributed by atoms with Crippen molar-refractivity contribution < 1.29 is 8.78 Å². The van der Waals surface area contributed by atoms with Gasteiger partial charge >= 0.3 is 5.69 Å². The van der Waals surface area contributed by atoms with Crippen LogP contribution in [0.2, 0.25) is 0 Å². The van der Waals surface area contributed by atoms with Crippen molar-refractivity contribution in [1.82, 2.24) is 14.5 Å². The van der Waals surface area contributed by atoms with Crippen LogP contribution in [0.15, 0.2) is 71.5 Å². The van der Waals surface area contributed by atoms with Gasteiger partial charge in [-0.2, -0.15) is 0 Å². The molecule has 0 amide bonds. The Morgan fingerprint density at radius 1 is 0.914 bits per heavy atom. The number of nitrogens with one attached hydrogen (secondary N) is 1. The van der Waals surface area contributed by atoms with Crippen LogP contribution in [0.3, 0.4) is 0 Å². The number of aryl methyl sites for hydroxylation is 1. The van der Waals surface area contributed by atoms with E-state index in [1.54, 1.807) is 22.8 Å². The van der Waals surface area contributed by atoms with Crippen LogP contribution in [-0.2, 0) is 0 Å². The molecule has 0 radical (unpaired) electrons. The number of piperidine rings is 1. The minimum atomic E-state index is -0.342. The first-order valence-corrected chi connectivity index (χ1v) is 12.4. The molecule has 4 nitrogen and oxygen atoms in total. The molecule has 0 spiro atoms. The number of halogens is 2. The fourth-order valence-corrected chi connectivity index (χ4v) is 5.41. The Labute approximate surface area is 204 Å². The molecule has 3 aromatic carbocycles. The van der Waals surface area contributed by atoms with E-state index in [1.807, 2.05) is 12.1 Å². The van der Waals surface area contributed by atoms with Gasteiger partial charge in [0.05, 0.1) is 11.0 Å². The lowest BCUT2D eigenvalue weighted by Gasteiger charge is -2.33. The second kappa shape index (κ2) is 10.2. The van der Waals surface area contributed by atoms with Gasteiger partial charge in [0.25, 0.3) is 0 Å². The van der Waals surface area contributed by atoms with Gasteiger partial charge in [0.2, 0.25) is 0 Å². The Morgan fingerprint density at radius 2 is 1.54 bits per heavy atom. The molecular formula is C29H31F2N3O. The Balaban J connectivity index is 1.21. The summed E-state index contributed by atoms with van der Waals surface area (Å²) in [5.74, 6) is -0.317. The van der Waals surface area contributed by atoms with E-state index in [1.165, 1.54) is 23.3 Å². The molecule has 6 heteroatoms. The first-order valence-electron chi connectivity index (χ1n) is 12.4. The molecule has 1 unspecified atom stereocenters. The zero-order valence-corrected chi connectivity index (χ0v) is 20.0. The number of rotatable bonds is 7. The fraction of sp³-hybridized carbons (Fsp3) is 0.345. The molecule has 1 N–H and O–H groups in total. The normalized spacial score (nSPS) is 16.1. The van der Waals surface area contributed by atoms with Crippen LogP contribution < -0.4 is 5.69 Å². The minimum absolute atomic E-state index is 0.123. The van der Waals surface area contributed by atoms with E-state index in [-0.39, 0.29) is 29.3 Å². The molecule has 182 valence electrons. The number of hydrogen-bond acceptors (Lipinski definition) is 2. The van der Waals surface area contributed by atoms with Crippen LogP contribution in [0, 0.1) is 18.6 Å². The summed E-state index contributed by atoms with van der Waals surface area (Å²) < 4.78 is 28.9. The fourth-order valence-electron chi connectivity index (χ4n) is 5.41. The average Bonchev–Trinajstić information content (AvgIpc) is 3.18. The smallest absolute Gasteiger partial charge is 0.305 e. The van der Waals surface area contributed by atoms with Gasteiger partial charge in [0.15, 0.2) is 0 Å². The first kappa shape index (κ1) is 23.5.